The third-order valence-electron chi connectivity index (χ3n) is 4.41. The molecule has 5 nitrogen and oxygen atoms in total. The van der Waals surface area contributed by atoms with Crippen LogP contribution in [0.4, 0.5) is 5.69 Å². The predicted octanol–water partition coefficient (Wildman–Crippen LogP) is 4.13. The summed E-state index contributed by atoms with van der Waals surface area (Å²) >= 11 is 0. The number of aryl methyl sites for hydroxylation is 2. The number of benzene rings is 3. The molecule has 0 bridgehead atoms. The van der Waals surface area contributed by atoms with E-state index >= 15 is 0 Å². The molecule has 0 atom stereocenters. The molecule has 29 heavy (non-hydrogen) atoms. The van der Waals surface area contributed by atoms with Crippen molar-refractivity contribution in [3.8, 4) is 0 Å². The molecule has 0 aliphatic carbocycles. The van der Waals surface area contributed by atoms with Gasteiger partial charge in [0.1, 0.15) is 0 Å². The van der Waals surface area contributed by atoms with Crippen molar-refractivity contribution in [2.75, 3.05) is 11.9 Å². The normalized spacial score (nSPS) is 11.4. The van der Waals surface area contributed by atoms with E-state index < -0.39 is 10.0 Å². The third-order valence-corrected chi connectivity index (χ3v) is 6.21. The van der Waals surface area contributed by atoms with Crippen LogP contribution >= 0.6 is 0 Å². The van der Waals surface area contributed by atoms with Gasteiger partial charge in [-0.2, -0.15) is 4.31 Å². The van der Waals surface area contributed by atoms with Crippen molar-refractivity contribution < 1.29 is 13.2 Å². The highest BCUT2D eigenvalue weighted by atomic mass is 32.2. The van der Waals surface area contributed by atoms with Gasteiger partial charge in [0, 0.05) is 12.2 Å². The molecule has 0 unspecified atom stereocenters. The molecule has 3 aromatic rings. The van der Waals surface area contributed by atoms with Gasteiger partial charge in [-0.3, -0.25) is 4.79 Å². The van der Waals surface area contributed by atoms with E-state index in [2.05, 4.69) is 5.32 Å². The fourth-order valence-corrected chi connectivity index (χ4v) is 4.57. The van der Waals surface area contributed by atoms with Crippen LogP contribution in [0.15, 0.2) is 83.8 Å². The van der Waals surface area contributed by atoms with Crippen LogP contribution in [0, 0.1) is 13.8 Å². The summed E-state index contributed by atoms with van der Waals surface area (Å²) in [5.41, 5.74) is 3.52. The van der Waals surface area contributed by atoms with Crippen molar-refractivity contribution >= 4 is 21.6 Å². The van der Waals surface area contributed by atoms with Gasteiger partial charge >= 0.3 is 0 Å². The summed E-state index contributed by atoms with van der Waals surface area (Å²) in [6.45, 7) is 3.73. The van der Waals surface area contributed by atoms with E-state index in [0.29, 0.717) is 5.69 Å². The third kappa shape index (κ3) is 5.53. The van der Waals surface area contributed by atoms with E-state index in [0.717, 1.165) is 16.7 Å². The first-order chi connectivity index (χ1) is 13.8. The van der Waals surface area contributed by atoms with E-state index in [4.69, 9.17) is 0 Å². The molecule has 3 rings (SSSR count). The van der Waals surface area contributed by atoms with E-state index in [9.17, 15) is 13.2 Å². The lowest BCUT2D eigenvalue weighted by molar-refractivity contribution is -0.116. The average Bonchev–Trinajstić information content (AvgIpc) is 2.68. The van der Waals surface area contributed by atoms with Gasteiger partial charge in [-0.25, -0.2) is 8.42 Å². The minimum atomic E-state index is -3.83. The van der Waals surface area contributed by atoms with Gasteiger partial charge in [-0.15, -0.1) is 0 Å². The van der Waals surface area contributed by atoms with Crippen LogP contribution < -0.4 is 5.32 Å². The van der Waals surface area contributed by atoms with Crippen molar-refractivity contribution in [2.24, 2.45) is 0 Å². The molecule has 0 aliphatic rings. The number of carbonyl (C=O) groups is 1. The van der Waals surface area contributed by atoms with Crippen LogP contribution in [-0.4, -0.2) is 25.2 Å². The molecule has 0 radical (unpaired) electrons. The molecule has 0 aliphatic heterocycles. The maximum absolute atomic E-state index is 13.2. The highest BCUT2D eigenvalue weighted by molar-refractivity contribution is 7.89. The van der Waals surface area contributed by atoms with Gasteiger partial charge < -0.3 is 5.32 Å². The molecule has 1 N–H and O–H groups in total. The zero-order chi connectivity index (χ0) is 20.9. The van der Waals surface area contributed by atoms with Gasteiger partial charge in [-0.1, -0.05) is 54.6 Å². The second-order valence-corrected chi connectivity index (χ2v) is 8.93. The topological polar surface area (TPSA) is 66.5 Å². The summed E-state index contributed by atoms with van der Waals surface area (Å²) in [4.78, 5) is 12.9. The Labute approximate surface area is 172 Å². The lowest BCUT2D eigenvalue weighted by Gasteiger charge is -2.22. The first-order valence-corrected chi connectivity index (χ1v) is 10.8. The van der Waals surface area contributed by atoms with Crippen molar-refractivity contribution in [1.82, 2.24) is 4.31 Å². The molecule has 0 saturated heterocycles. The Morgan fingerprint density at radius 1 is 0.862 bits per heavy atom. The number of rotatable bonds is 7. The van der Waals surface area contributed by atoms with Gasteiger partial charge in [0.15, 0.2) is 0 Å². The van der Waals surface area contributed by atoms with Crippen LogP contribution in [0.3, 0.4) is 0 Å². The number of hydrogen-bond donors (Lipinski definition) is 1. The maximum Gasteiger partial charge on any atom is 0.243 e. The molecule has 0 spiro atoms. The zero-order valence-electron chi connectivity index (χ0n) is 16.5. The molecule has 1 amide bonds. The summed E-state index contributed by atoms with van der Waals surface area (Å²) in [5, 5.41) is 2.82. The van der Waals surface area contributed by atoms with Crippen molar-refractivity contribution in [3.63, 3.8) is 0 Å². The van der Waals surface area contributed by atoms with Crippen LogP contribution in [0.2, 0.25) is 0 Å². The van der Waals surface area contributed by atoms with Gasteiger partial charge in [0.25, 0.3) is 0 Å². The molecule has 0 heterocycles. The number of sulfonamides is 1. The molecule has 0 aromatic heterocycles. The van der Waals surface area contributed by atoms with Crippen LogP contribution in [0.1, 0.15) is 16.7 Å². The second-order valence-electron chi connectivity index (χ2n) is 7.00. The highest BCUT2D eigenvalue weighted by Crippen LogP contribution is 2.19. The first-order valence-electron chi connectivity index (χ1n) is 9.32. The molecule has 6 heteroatoms. The Morgan fingerprint density at radius 3 is 2.00 bits per heavy atom. The van der Waals surface area contributed by atoms with Crippen LogP contribution in [0.25, 0.3) is 0 Å². The standard InChI is InChI=1S/C23H24N2O3S/c1-18-13-19(2)15-21(14-18)24-23(26)17-25(16-20-9-5-3-6-10-20)29(27,28)22-11-7-4-8-12-22/h3-15H,16-17H2,1-2H3,(H,24,26). The lowest BCUT2D eigenvalue weighted by atomic mass is 10.1. The molecule has 3 aromatic carbocycles. The monoisotopic (exact) mass is 408 g/mol. The largest absolute Gasteiger partial charge is 0.325 e. The first kappa shape index (κ1) is 20.8. The second kappa shape index (κ2) is 9.03. The van der Waals surface area contributed by atoms with Crippen molar-refractivity contribution in [1.29, 1.82) is 0 Å². The lowest BCUT2D eigenvalue weighted by Crippen LogP contribution is -2.37. The van der Waals surface area contributed by atoms with E-state index in [1.54, 1.807) is 18.2 Å². The minimum absolute atomic E-state index is 0.109. The van der Waals surface area contributed by atoms with Crippen molar-refractivity contribution in [3.05, 3.63) is 95.6 Å². The summed E-state index contributed by atoms with van der Waals surface area (Å²) in [5.74, 6) is -0.384. The van der Waals surface area contributed by atoms with E-state index in [-0.39, 0.29) is 23.9 Å². The number of hydrogen-bond acceptors (Lipinski definition) is 3. The Balaban J connectivity index is 1.85. The molecule has 0 fully saturated rings. The number of carbonyl (C=O) groups excluding carboxylic acids is 1. The van der Waals surface area contributed by atoms with Gasteiger partial charge in [0.05, 0.1) is 11.4 Å². The molecule has 150 valence electrons. The molecular weight excluding hydrogens is 384 g/mol. The van der Waals surface area contributed by atoms with Crippen LogP contribution in [0.5, 0.6) is 0 Å². The minimum Gasteiger partial charge on any atom is -0.325 e. The number of amides is 1. The maximum atomic E-state index is 13.2. The average molecular weight is 409 g/mol. The molecular formula is C23H24N2O3S. The fourth-order valence-electron chi connectivity index (χ4n) is 3.16. The Kier molecular flexibility index (Phi) is 6.46. The Bertz CT molecular complexity index is 1060. The zero-order valence-corrected chi connectivity index (χ0v) is 17.3. The summed E-state index contributed by atoms with van der Waals surface area (Å²) in [6, 6.07) is 23.1. The number of nitrogens with one attached hydrogen (secondary N) is 1. The molecule has 0 saturated carbocycles. The Morgan fingerprint density at radius 2 is 1.41 bits per heavy atom. The SMILES string of the molecule is Cc1cc(C)cc(NC(=O)CN(Cc2ccccc2)S(=O)(=O)c2ccccc2)c1. The number of nitrogens with zero attached hydrogens (tertiary/aromatic N) is 1. The van der Waals surface area contributed by atoms with Crippen molar-refractivity contribution in [2.45, 2.75) is 25.3 Å². The fraction of sp³-hybridized carbons (Fsp3) is 0.174. The number of anilines is 1. The summed E-state index contributed by atoms with van der Waals surface area (Å²) in [6.07, 6.45) is 0. The Hall–Kier alpha value is -2.96. The smallest absolute Gasteiger partial charge is 0.243 e. The van der Waals surface area contributed by atoms with Gasteiger partial charge in [-0.05, 0) is 54.8 Å². The quantitative estimate of drug-likeness (QED) is 0.639. The van der Waals surface area contributed by atoms with Crippen LogP contribution in [-0.2, 0) is 21.4 Å². The predicted molar refractivity (Wildman–Crippen MR) is 115 cm³/mol. The highest BCUT2D eigenvalue weighted by Gasteiger charge is 2.26. The summed E-state index contributed by atoms with van der Waals surface area (Å²) < 4.78 is 27.6. The van der Waals surface area contributed by atoms with E-state index in [1.165, 1.54) is 16.4 Å². The summed E-state index contributed by atoms with van der Waals surface area (Å²) in [7, 11) is -3.83. The van der Waals surface area contributed by atoms with E-state index in [1.807, 2.05) is 62.4 Å². The van der Waals surface area contributed by atoms with Gasteiger partial charge in [0.2, 0.25) is 15.9 Å².